The van der Waals surface area contributed by atoms with Crippen molar-refractivity contribution in [1.82, 2.24) is 5.32 Å². The van der Waals surface area contributed by atoms with Gasteiger partial charge in [0.2, 0.25) is 5.91 Å². The summed E-state index contributed by atoms with van der Waals surface area (Å²) in [7, 11) is 1.27. The lowest BCUT2D eigenvalue weighted by molar-refractivity contribution is -0.142. The molecule has 0 fully saturated rings. The van der Waals surface area contributed by atoms with Crippen molar-refractivity contribution in [3.05, 3.63) is 29.8 Å². The number of carbonyl (C=O) groups is 3. The molecular formula is C18H25NO5. The molecule has 1 amide bonds. The Balaban J connectivity index is 2.61. The summed E-state index contributed by atoms with van der Waals surface area (Å²) < 4.78 is 10.1. The summed E-state index contributed by atoms with van der Waals surface area (Å²) in [5, 5.41) is 2.66. The van der Waals surface area contributed by atoms with Crippen molar-refractivity contribution in [3.63, 3.8) is 0 Å². The summed E-state index contributed by atoms with van der Waals surface area (Å²) in [6, 6.07) is 6.80. The van der Waals surface area contributed by atoms with Crippen molar-refractivity contribution in [2.45, 2.75) is 52.2 Å². The lowest BCUT2D eigenvalue weighted by atomic mass is 10.0. The number of nitrogens with one attached hydrogen (secondary N) is 1. The highest BCUT2D eigenvalue weighted by molar-refractivity contribution is 5.88. The summed E-state index contributed by atoms with van der Waals surface area (Å²) in [5.74, 6) is -0.176. The minimum Gasteiger partial charge on any atom is -0.491 e. The molecule has 0 saturated heterocycles. The lowest BCUT2D eigenvalue weighted by Gasteiger charge is -2.16. The molecule has 6 heteroatoms. The predicted octanol–water partition coefficient (Wildman–Crippen LogP) is 2.04. The molecule has 0 spiro atoms. The first kappa shape index (κ1) is 19.7. The minimum absolute atomic E-state index is 0.00236. The largest absolute Gasteiger partial charge is 0.491 e. The van der Waals surface area contributed by atoms with Crippen molar-refractivity contribution in [1.29, 1.82) is 0 Å². The maximum absolute atomic E-state index is 11.9. The summed E-state index contributed by atoms with van der Waals surface area (Å²) >= 11 is 0. The second kappa shape index (κ2) is 9.70. The number of esters is 1. The Kier molecular flexibility index (Phi) is 7.95. The first-order chi connectivity index (χ1) is 11.3. The molecule has 1 atom stereocenters. The highest BCUT2D eigenvalue weighted by Crippen LogP contribution is 2.15. The van der Waals surface area contributed by atoms with Gasteiger partial charge in [-0.25, -0.2) is 0 Å². The van der Waals surface area contributed by atoms with Gasteiger partial charge in [0.15, 0.2) is 5.78 Å². The molecule has 0 saturated carbocycles. The van der Waals surface area contributed by atoms with Crippen LogP contribution in [0.4, 0.5) is 0 Å². The van der Waals surface area contributed by atoms with Crippen LogP contribution < -0.4 is 10.1 Å². The Morgan fingerprint density at radius 1 is 1.08 bits per heavy atom. The number of hydrogen-bond acceptors (Lipinski definition) is 5. The van der Waals surface area contributed by atoms with Gasteiger partial charge < -0.3 is 14.8 Å². The molecule has 1 rings (SSSR count). The van der Waals surface area contributed by atoms with E-state index in [1.54, 1.807) is 0 Å². The maximum atomic E-state index is 11.9. The number of methoxy groups -OCH3 is 1. The Labute approximate surface area is 142 Å². The number of Topliss-reactive ketones (excluding diaryl/α,β-unsaturated/α-hetero) is 1. The van der Waals surface area contributed by atoms with Crippen LogP contribution in [-0.4, -0.2) is 36.9 Å². The Hall–Kier alpha value is -2.37. The normalized spacial score (nSPS) is 11.7. The van der Waals surface area contributed by atoms with Crippen molar-refractivity contribution in [3.8, 4) is 5.75 Å². The molecule has 1 unspecified atom stereocenters. The van der Waals surface area contributed by atoms with E-state index >= 15 is 0 Å². The van der Waals surface area contributed by atoms with Crippen molar-refractivity contribution in [2.24, 2.45) is 0 Å². The summed E-state index contributed by atoms with van der Waals surface area (Å²) in [6.07, 6.45) is 0.475. The zero-order chi connectivity index (χ0) is 18.1. The highest BCUT2D eigenvalue weighted by Gasteiger charge is 2.18. The van der Waals surface area contributed by atoms with Crippen molar-refractivity contribution >= 4 is 17.7 Å². The highest BCUT2D eigenvalue weighted by atomic mass is 16.5. The molecule has 0 heterocycles. The Bertz CT molecular complexity index is 565. The number of rotatable bonds is 9. The topological polar surface area (TPSA) is 81.7 Å². The Morgan fingerprint density at radius 2 is 1.71 bits per heavy atom. The van der Waals surface area contributed by atoms with Gasteiger partial charge in [-0.05, 0) is 44.9 Å². The average molecular weight is 335 g/mol. The van der Waals surface area contributed by atoms with Gasteiger partial charge in [-0.3, -0.25) is 14.4 Å². The molecule has 1 aromatic carbocycles. The summed E-state index contributed by atoms with van der Waals surface area (Å²) in [6.45, 7) is 5.33. The van der Waals surface area contributed by atoms with Gasteiger partial charge in [0.1, 0.15) is 5.75 Å². The predicted molar refractivity (Wildman–Crippen MR) is 89.8 cm³/mol. The average Bonchev–Trinajstić information content (AvgIpc) is 2.53. The van der Waals surface area contributed by atoms with E-state index in [0.717, 1.165) is 11.3 Å². The fourth-order valence-electron chi connectivity index (χ4n) is 2.09. The van der Waals surface area contributed by atoms with Crippen LogP contribution in [0, 0.1) is 0 Å². The van der Waals surface area contributed by atoms with E-state index in [0.29, 0.717) is 6.42 Å². The first-order valence-corrected chi connectivity index (χ1v) is 7.94. The molecule has 132 valence electrons. The second-order valence-electron chi connectivity index (χ2n) is 5.82. The monoisotopic (exact) mass is 335 g/mol. The molecule has 0 radical (unpaired) electrons. The Morgan fingerprint density at radius 3 is 2.21 bits per heavy atom. The SMILES string of the molecule is COC(=O)CCC(=O)NC(Cc1ccc(OC(C)C)cc1)C(C)=O. The molecular weight excluding hydrogens is 310 g/mol. The fraction of sp³-hybridized carbons (Fsp3) is 0.500. The number of ketones is 1. The van der Waals surface area contributed by atoms with E-state index in [9.17, 15) is 14.4 Å². The number of ether oxygens (including phenoxy) is 2. The molecule has 6 nitrogen and oxygen atoms in total. The van der Waals surface area contributed by atoms with Gasteiger partial charge in [-0.1, -0.05) is 12.1 Å². The van der Waals surface area contributed by atoms with Crippen LogP contribution >= 0.6 is 0 Å². The second-order valence-corrected chi connectivity index (χ2v) is 5.82. The van der Waals surface area contributed by atoms with Gasteiger partial charge in [0.25, 0.3) is 0 Å². The molecule has 1 aromatic rings. The summed E-state index contributed by atoms with van der Waals surface area (Å²) in [5.41, 5.74) is 0.916. The van der Waals surface area contributed by atoms with Gasteiger partial charge in [-0.2, -0.15) is 0 Å². The third kappa shape index (κ3) is 7.26. The van der Waals surface area contributed by atoms with Crippen LogP contribution in [0.25, 0.3) is 0 Å². The van der Waals surface area contributed by atoms with E-state index in [-0.39, 0.29) is 30.6 Å². The van der Waals surface area contributed by atoms with Gasteiger partial charge >= 0.3 is 5.97 Å². The molecule has 0 bridgehead atoms. The number of amides is 1. The zero-order valence-electron chi connectivity index (χ0n) is 14.6. The van der Waals surface area contributed by atoms with E-state index < -0.39 is 12.0 Å². The zero-order valence-corrected chi connectivity index (χ0v) is 14.6. The van der Waals surface area contributed by atoms with Crippen LogP contribution in [0.3, 0.4) is 0 Å². The van der Waals surface area contributed by atoms with E-state index in [2.05, 4.69) is 10.1 Å². The van der Waals surface area contributed by atoms with Crippen LogP contribution in [0.1, 0.15) is 39.2 Å². The van der Waals surface area contributed by atoms with Crippen LogP contribution in [-0.2, 0) is 25.5 Å². The van der Waals surface area contributed by atoms with Crippen LogP contribution in [0.2, 0.25) is 0 Å². The number of hydrogen-bond donors (Lipinski definition) is 1. The third-order valence-corrected chi connectivity index (χ3v) is 3.34. The van der Waals surface area contributed by atoms with E-state index in [1.165, 1.54) is 14.0 Å². The van der Waals surface area contributed by atoms with E-state index in [4.69, 9.17) is 4.74 Å². The molecule has 0 aliphatic rings. The standard InChI is InChI=1S/C18H25NO5/c1-12(2)24-15-7-5-14(6-8-15)11-16(13(3)20)19-17(21)9-10-18(22)23-4/h5-8,12,16H,9-11H2,1-4H3,(H,19,21). The first-order valence-electron chi connectivity index (χ1n) is 7.94. The smallest absolute Gasteiger partial charge is 0.306 e. The lowest BCUT2D eigenvalue weighted by Crippen LogP contribution is -2.41. The van der Waals surface area contributed by atoms with Gasteiger partial charge in [0.05, 0.1) is 25.7 Å². The van der Waals surface area contributed by atoms with Crippen LogP contribution in [0.5, 0.6) is 5.75 Å². The number of carbonyl (C=O) groups excluding carboxylic acids is 3. The van der Waals surface area contributed by atoms with Gasteiger partial charge in [-0.15, -0.1) is 0 Å². The van der Waals surface area contributed by atoms with Crippen molar-refractivity contribution < 1.29 is 23.9 Å². The van der Waals surface area contributed by atoms with E-state index in [1.807, 2.05) is 38.1 Å². The minimum atomic E-state index is -0.619. The molecule has 0 aromatic heterocycles. The third-order valence-electron chi connectivity index (χ3n) is 3.34. The molecule has 0 aliphatic heterocycles. The number of benzene rings is 1. The van der Waals surface area contributed by atoms with Crippen LogP contribution in [0.15, 0.2) is 24.3 Å². The molecule has 1 N–H and O–H groups in total. The van der Waals surface area contributed by atoms with Gasteiger partial charge in [0, 0.05) is 6.42 Å². The fourth-order valence-corrected chi connectivity index (χ4v) is 2.09. The maximum Gasteiger partial charge on any atom is 0.306 e. The summed E-state index contributed by atoms with van der Waals surface area (Å²) in [4.78, 5) is 34.7. The molecule has 24 heavy (non-hydrogen) atoms. The van der Waals surface area contributed by atoms with Crippen molar-refractivity contribution in [2.75, 3.05) is 7.11 Å². The quantitative estimate of drug-likeness (QED) is 0.699. The molecule has 0 aliphatic carbocycles.